The molecule has 0 saturated heterocycles. The Hall–Kier alpha value is -0.530. The zero-order chi connectivity index (χ0) is 12.8. The molecule has 0 aromatic carbocycles. The second-order valence-electron chi connectivity index (χ2n) is 4.89. The van der Waals surface area contributed by atoms with Gasteiger partial charge in [0.15, 0.2) is 0 Å². The Morgan fingerprint density at radius 3 is 1.71 bits per heavy atom. The van der Waals surface area contributed by atoms with E-state index in [-0.39, 0.29) is 5.91 Å². The molecule has 0 unspecified atom stereocenters. The summed E-state index contributed by atoms with van der Waals surface area (Å²) in [5.41, 5.74) is 0. The molecule has 0 spiro atoms. The lowest BCUT2D eigenvalue weighted by Gasteiger charge is -2.03. The van der Waals surface area contributed by atoms with Crippen LogP contribution in [0.2, 0.25) is 0 Å². The highest BCUT2D eigenvalue weighted by Gasteiger charge is 1.95. The minimum atomic E-state index is 0.181. The molecule has 0 rings (SSSR count). The third-order valence-corrected chi connectivity index (χ3v) is 3.17. The van der Waals surface area contributed by atoms with Gasteiger partial charge in [-0.3, -0.25) is 4.79 Å². The summed E-state index contributed by atoms with van der Waals surface area (Å²) >= 11 is 0. The van der Waals surface area contributed by atoms with Crippen LogP contribution in [0.15, 0.2) is 0 Å². The average Bonchev–Trinajstić information content (AvgIpc) is 2.35. The second-order valence-corrected chi connectivity index (χ2v) is 4.89. The Morgan fingerprint density at radius 2 is 1.24 bits per heavy atom. The number of carbonyl (C=O) groups is 1. The summed E-state index contributed by atoms with van der Waals surface area (Å²) in [4.78, 5) is 11.0. The van der Waals surface area contributed by atoms with Gasteiger partial charge in [0.05, 0.1) is 0 Å². The number of rotatable bonds is 12. The first-order chi connectivity index (χ1) is 8.31. The molecule has 0 aromatic heterocycles. The Bertz CT molecular complexity index is 168. The highest BCUT2D eigenvalue weighted by molar-refractivity contribution is 5.75. The van der Waals surface area contributed by atoms with Crippen LogP contribution in [0, 0.1) is 0 Å². The maximum atomic E-state index is 11.0. The summed E-state index contributed by atoms with van der Waals surface area (Å²) in [6.45, 7) is 5.02. The topological polar surface area (TPSA) is 29.1 Å². The fourth-order valence-electron chi connectivity index (χ4n) is 1.97. The Balaban J connectivity index is 2.96. The number of amides is 1. The third-order valence-electron chi connectivity index (χ3n) is 3.17. The Morgan fingerprint density at radius 1 is 0.765 bits per heavy atom. The van der Waals surface area contributed by atoms with Crippen molar-refractivity contribution < 1.29 is 4.79 Å². The molecule has 0 fully saturated rings. The van der Waals surface area contributed by atoms with Crippen molar-refractivity contribution in [3.8, 4) is 0 Å². The predicted octanol–water partition coefficient (Wildman–Crippen LogP) is 4.43. The lowest BCUT2D eigenvalue weighted by atomic mass is 10.1. The molecule has 0 atom stereocenters. The van der Waals surface area contributed by atoms with Gasteiger partial charge in [-0.05, 0) is 6.42 Å². The van der Waals surface area contributed by atoms with E-state index in [0.29, 0.717) is 6.42 Å². The minimum absolute atomic E-state index is 0.181. The van der Waals surface area contributed by atoms with Crippen LogP contribution in [-0.2, 0) is 4.79 Å². The lowest BCUT2D eigenvalue weighted by Crippen LogP contribution is -2.23. The van der Waals surface area contributed by atoms with Crippen LogP contribution in [0.1, 0.15) is 84.5 Å². The van der Waals surface area contributed by atoms with Gasteiger partial charge in [0.2, 0.25) is 5.91 Å². The van der Waals surface area contributed by atoms with Crippen LogP contribution in [0.5, 0.6) is 0 Å². The van der Waals surface area contributed by atoms with Gasteiger partial charge in [-0.25, -0.2) is 0 Å². The molecule has 0 heterocycles. The van der Waals surface area contributed by atoms with E-state index in [4.69, 9.17) is 0 Å². The van der Waals surface area contributed by atoms with Crippen molar-refractivity contribution >= 4 is 5.91 Å². The van der Waals surface area contributed by atoms with Crippen molar-refractivity contribution in [2.24, 2.45) is 0 Å². The largest absolute Gasteiger partial charge is 0.356 e. The molecule has 2 heteroatoms. The Kier molecular flexibility index (Phi) is 13.1. The fourth-order valence-corrected chi connectivity index (χ4v) is 1.97. The molecule has 0 aromatic rings. The monoisotopic (exact) mass is 241 g/mol. The number of hydrogen-bond acceptors (Lipinski definition) is 1. The normalized spacial score (nSPS) is 10.5. The molecule has 0 radical (unpaired) electrons. The summed E-state index contributed by atoms with van der Waals surface area (Å²) in [6, 6.07) is 0. The maximum absolute atomic E-state index is 11.0. The standard InChI is InChI=1S/C15H31NO/c1-3-5-6-7-8-9-10-11-12-13-14-16-15(17)4-2/h3-14H2,1-2H3,(H,16,17). The zero-order valence-electron chi connectivity index (χ0n) is 11.9. The van der Waals surface area contributed by atoms with Gasteiger partial charge in [-0.2, -0.15) is 0 Å². The quantitative estimate of drug-likeness (QED) is 0.503. The van der Waals surface area contributed by atoms with Gasteiger partial charge in [0.25, 0.3) is 0 Å². The van der Waals surface area contributed by atoms with Crippen molar-refractivity contribution in [1.29, 1.82) is 0 Å². The van der Waals surface area contributed by atoms with Crippen molar-refractivity contribution in [2.75, 3.05) is 6.54 Å². The summed E-state index contributed by atoms with van der Waals surface area (Å²) in [5.74, 6) is 0.181. The van der Waals surface area contributed by atoms with E-state index in [2.05, 4.69) is 12.2 Å². The molecule has 0 saturated carbocycles. The van der Waals surface area contributed by atoms with Gasteiger partial charge in [0, 0.05) is 13.0 Å². The van der Waals surface area contributed by atoms with E-state index >= 15 is 0 Å². The molecule has 17 heavy (non-hydrogen) atoms. The summed E-state index contributed by atoms with van der Waals surface area (Å²) < 4.78 is 0. The highest BCUT2D eigenvalue weighted by atomic mass is 16.1. The summed E-state index contributed by atoms with van der Waals surface area (Å²) in [5, 5.41) is 2.92. The fraction of sp³-hybridized carbons (Fsp3) is 0.933. The lowest BCUT2D eigenvalue weighted by molar-refractivity contribution is -0.120. The van der Waals surface area contributed by atoms with E-state index in [0.717, 1.165) is 13.0 Å². The van der Waals surface area contributed by atoms with E-state index in [1.165, 1.54) is 57.8 Å². The molecule has 1 N–H and O–H groups in total. The number of carbonyl (C=O) groups excluding carboxylic acids is 1. The first-order valence-electron chi connectivity index (χ1n) is 7.58. The first-order valence-corrected chi connectivity index (χ1v) is 7.58. The van der Waals surface area contributed by atoms with Crippen molar-refractivity contribution in [2.45, 2.75) is 84.5 Å². The highest BCUT2D eigenvalue weighted by Crippen LogP contribution is 2.10. The second kappa shape index (κ2) is 13.5. The number of unbranched alkanes of at least 4 members (excludes halogenated alkanes) is 9. The van der Waals surface area contributed by atoms with Gasteiger partial charge in [-0.1, -0.05) is 71.6 Å². The molecule has 2 nitrogen and oxygen atoms in total. The molecule has 0 aliphatic heterocycles. The Labute approximate surface area is 108 Å². The van der Waals surface area contributed by atoms with Crippen LogP contribution in [-0.4, -0.2) is 12.5 Å². The first kappa shape index (κ1) is 16.5. The van der Waals surface area contributed by atoms with Gasteiger partial charge < -0.3 is 5.32 Å². The van der Waals surface area contributed by atoms with Gasteiger partial charge in [-0.15, -0.1) is 0 Å². The summed E-state index contributed by atoms with van der Waals surface area (Å²) in [7, 11) is 0. The minimum Gasteiger partial charge on any atom is -0.356 e. The zero-order valence-corrected chi connectivity index (χ0v) is 11.9. The van der Waals surface area contributed by atoms with Crippen molar-refractivity contribution in [3.05, 3.63) is 0 Å². The van der Waals surface area contributed by atoms with Crippen LogP contribution in [0.3, 0.4) is 0 Å². The molecule has 1 amide bonds. The number of hydrogen-bond donors (Lipinski definition) is 1. The number of nitrogens with one attached hydrogen (secondary N) is 1. The average molecular weight is 241 g/mol. The molecule has 0 aliphatic carbocycles. The van der Waals surface area contributed by atoms with E-state index in [9.17, 15) is 4.79 Å². The SMILES string of the molecule is CCCCCCCCCCCCNC(=O)CC. The molecule has 0 bridgehead atoms. The smallest absolute Gasteiger partial charge is 0.219 e. The van der Waals surface area contributed by atoms with Crippen LogP contribution in [0.4, 0.5) is 0 Å². The molecule has 102 valence electrons. The molecular weight excluding hydrogens is 210 g/mol. The van der Waals surface area contributed by atoms with Crippen molar-refractivity contribution in [1.82, 2.24) is 5.32 Å². The van der Waals surface area contributed by atoms with E-state index in [1.54, 1.807) is 0 Å². The van der Waals surface area contributed by atoms with Crippen LogP contribution in [0.25, 0.3) is 0 Å². The third kappa shape index (κ3) is 13.4. The van der Waals surface area contributed by atoms with E-state index in [1.807, 2.05) is 6.92 Å². The van der Waals surface area contributed by atoms with Crippen LogP contribution >= 0.6 is 0 Å². The molecule has 0 aliphatic rings. The van der Waals surface area contributed by atoms with Crippen LogP contribution < -0.4 is 5.32 Å². The summed E-state index contributed by atoms with van der Waals surface area (Å²) in [6.07, 6.45) is 14.1. The van der Waals surface area contributed by atoms with Gasteiger partial charge >= 0.3 is 0 Å². The molecular formula is C15H31NO. The predicted molar refractivity (Wildman–Crippen MR) is 75.1 cm³/mol. The van der Waals surface area contributed by atoms with E-state index < -0.39 is 0 Å². The van der Waals surface area contributed by atoms with Crippen molar-refractivity contribution in [3.63, 3.8) is 0 Å². The van der Waals surface area contributed by atoms with Gasteiger partial charge in [0.1, 0.15) is 0 Å². The maximum Gasteiger partial charge on any atom is 0.219 e.